The number of nitrogens with one attached hydrogen (secondary N) is 2. The second-order valence-corrected chi connectivity index (χ2v) is 6.63. The van der Waals surface area contributed by atoms with Gasteiger partial charge in [-0.3, -0.25) is 9.69 Å². The van der Waals surface area contributed by atoms with Crippen LogP contribution in [0.15, 0.2) is 30.5 Å². The summed E-state index contributed by atoms with van der Waals surface area (Å²) >= 11 is 0. The highest BCUT2D eigenvalue weighted by Crippen LogP contribution is 2.27. The van der Waals surface area contributed by atoms with Crippen molar-refractivity contribution in [2.24, 2.45) is 0 Å². The zero-order valence-electron chi connectivity index (χ0n) is 15.4. The Balaban J connectivity index is 1.53. The molecule has 0 bridgehead atoms. The van der Waals surface area contributed by atoms with Gasteiger partial charge >= 0.3 is 12.0 Å². The van der Waals surface area contributed by atoms with Gasteiger partial charge in [-0.1, -0.05) is 6.92 Å². The van der Waals surface area contributed by atoms with Crippen LogP contribution in [0.3, 0.4) is 0 Å². The fraction of sp³-hybridized carbons (Fsp3) is 0.421. The van der Waals surface area contributed by atoms with Gasteiger partial charge in [0.2, 0.25) is 5.88 Å². The van der Waals surface area contributed by atoms with Crippen LogP contribution in [0.25, 0.3) is 10.8 Å². The molecule has 0 aliphatic heterocycles. The van der Waals surface area contributed by atoms with E-state index in [-0.39, 0.29) is 24.7 Å². The van der Waals surface area contributed by atoms with E-state index in [0.29, 0.717) is 18.1 Å². The zero-order valence-corrected chi connectivity index (χ0v) is 15.4. The van der Waals surface area contributed by atoms with Crippen molar-refractivity contribution < 1.29 is 19.4 Å². The molecule has 1 fully saturated rings. The van der Waals surface area contributed by atoms with E-state index in [4.69, 9.17) is 9.84 Å². The highest BCUT2D eigenvalue weighted by molar-refractivity contribution is 5.95. The number of anilines is 1. The summed E-state index contributed by atoms with van der Waals surface area (Å²) in [5.74, 6) is -0.278. The number of carboxylic acids is 1. The molecule has 3 rings (SSSR count). The van der Waals surface area contributed by atoms with E-state index in [2.05, 4.69) is 15.6 Å². The number of hydrogen-bond donors (Lipinski definition) is 3. The SMILES string of the molecule is CCN(CC(=O)O)C1CC(NC(=O)Nc2ccc3c(OC)nccc3c2)C1. The summed E-state index contributed by atoms with van der Waals surface area (Å²) in [7, 11) is 1.57. The number of aromatic nitrogens is 1. The molecule has 8 heteroatoms. The number of hydrogen-bond acceptors (Lipinski definition) is 5. The number of pyridine rings is 1. The van der Waals surface area contributed by atoms with E-state index < -0.39 is 5.97 Å². The molecular formula is C19H24N4O4. The number of carboxylic acid groups (broad SMARTS) is 1. The molecular weight excluding hydrogens is 348 g/mol. The minimum atomic E-state index is -0.825. The fourth-order valence-corrected chi connectivity index (χ4v) is 3.42. The average molecular weight is 372 g/mol. The molecule has 8 nitrogen and oxygen atoms in total. The molecule has 1 heterocycles. The normalized spacial score (nSPS) is 18.8. The maximum atomic E-state index is 12.2. The first-order chi connectivity index (χ1) is 13.0. The van der Waals surface area contributed by atoms with E-state index in [1.54, 1.807) is 19.4 Å². The lowest BCUT2D eigenvalue weighted by Gasteiger charge is -2.42. The number of benzene rings is 1. The average Bonchev–Trinajstić information content (AvgIpc) is 2.61. The third kappa shape index (κ3) is 4.46. The Kier molecular flexibility index (Phi) is 5.75. The molecule has 1 aliphatic rings. The molecule has 3 N–H and O–H groups in total. The monoisotopic (exact) mass is 372 g/mol. The van der Waals surface area contributed by atoms with E-state index in [1.165, 1.54) is 0 Å². The number of amides is 2. The second kappa shape index (κ2) is 8.22. The fourth-order valence-electron chi connectivity index (χ4n) is 3.42. The smallest absolute Gasteiger partial charge is 0.319 e. The highest BCUT2D eigenvalue weighted by atomic mass is 16.5. The topological polar surface area (TPSA) is 104 Å². The van der Waals surface area contributed by atoms with Crippen LogP contribution in [-0.2, 0) is 4.79 Å². The van der Waals surface area contributed by atoms with Gasteiger partial charge in [-0.15, -0.1) is 0 Å². The zero-order chi connectivity index (χ0) is 19.4. The number of rotatable bonds is 7. The molecule has 0 spiro atoms. The van der Waals surface area contributed by atoms with Gasteiger partial charge in [-0.25, -0.2) is 9.78 Å². The molecule has 2 amide bonds. The summed E-state index contributed by atoms with van der Waals surface area (Å²) in [6, 6.07) is 7.40. The lowest BCUT2D eigenvalue weighted by atomic mass is 9.85. The van der Waals surface area contributed by atoms with E-state index in [1.807, 2.05) is 30.0 Å². The number of ether oxygens (including phenoxy) is 1. The molecule has 144 valence electrons. The lowest BCUT2D eigenvalue weighted by molar-refractivity contribution is -0.139. The van der Waals surface area contributed by atoms with Crippen molar-refractivity contribution in [3.63, 3.8) is 0 Å². The summed E-state index contributed by atoms with van der Waals surface area (Å²) in [4.78, 5) is 29.2. The van der Waals surface area contributed by atoms with Crippen molar-refractivity contribution in [1.82, 2.24) is 15.2 Å². The van der Waals surface area contributed by atoms with Crippen LogP contribution in [0, 0.1) is 0 Å². The highest BCUT2D eigenvalue weighted by Gasteiger charge is 2.34. The molecule has 0 atom stereocenters. The molecule has 0 radical (unpaired) electrons. The molecule has 1 aromatic heterocycles. The maximum absolute atomic E-state index is 12.2. The Hall–Kier alpha value is -2.87. The van der Waals surface area contributed by atoms with E-state index in [9.17, 15) is 9.59 Å². The van der Waals surface area contributed by atoms with Crippen LogP contribution in [0.5, 0.6) is 5.88 Å². The number of urea groups is 1. The van der Waals surface area contributed by atoms with Crippen molar-refractivity contribution in [3.8, 4) is 5.88 Å². The summed E-state index contributed by atoms with van der Waals surface area (Å²) in [6.45, 7) is 2.67. The molecule has 1 saturated carbocycles. The van der Waals surface area contributed by atoms with Gasteiger partial charge in [-0.2, -0.15) is 0 Å². The van der Waals surface area contributed by atoms with Crippen LogP contribution in [0.4, 0.5) is 10.5 Å². The predicted molar refractivity (Wildman–Crippen MR) is 102 cm³/mol. The van der Waals surface area contributed by atoms with Crippen molar-refractivity contribution in [2.75, 3.05) is 25.5 Å². The molecule has 27 heavy (non-hydrogen) atoms. The van der Waals surface area contributed by atoms with Crippen LogP contribution in [-0.4, -0.2) is 59.3 Å². The van der Waals surface area contributed by atoms with Gasteiger partial charge in [0.05, 0.1) is 13.7 Å². The maximum Gasteiger partial charge on any atom is 0.319 e. The number of aliphatic carboxylic acids is 1. The minimum absolute atomic E-state index is 0.0372. The van der Waals surface area contributed by atoms with Gasteiger partial charge in [0.25, 0.3) is 0 Å². The first-order valence-electron chi connectivity index (χ1n) is 8.96. The van der Waals surface area contributed by atoms with Gasteiger partial charge in [0.15, 0.2) is 0 Å². The number of nitrogens with zero attached hydrogens (tertiary/aromatic N) is 2. The van der Waals surface area contributed by atoms with Crippen LogP contribution >= 0.6 is 0 Å². The van der Waals surface area contributed by atoms with Crippen molar-refractivity contribution >= 4 is 28.5 Å². The largest absolute Gasteiger partial charge is 0.481 e. The van der Waals surface area contributed by atoms with E-state index >= 15 is 0 Å². The number of carbonyl (C=O) groups excluding carboxylic acids is 1. The molecule has 0 saturated heterocycles. The van der Waals surface area contributed by atoms with Gasteiger partial charge < -0.3 is 20.5 Å². The number of carbonyl (C=O) groups is 2. The minimum Gasteiger partial charge on any atom is -0.481 e. The van der Waals surface area contributed by atoms with Gasteiger partial charge in [-0.05, 0) is 49.0 Å². The molecule has 0 unspecified atom stereocenters. The molecule has 1 aromatic carbocycles. The van der Waals surface area contributed by atoms with Gasteiger partial charge in [0, 0.05) is 29.4 Å². The summed E-state index contributed by atoms with van der Waals surface area (Å²) in [5.41, 5.74) is 0.685. The van der Waals surface area contributed by atoms with E-state index in [0.717, 1.165) is 23.6 Å². The van der Waals surface area contributed by atoms with Crippen molar-refractivity contribution in [2.45, 2.75) is 31.8 Å². The van der Waals surface area contributed by atoms with Crippen molar-refractivity contribution in [3.05, 3.63) is 30.5 Å². The summed E-state index contributed by atoms with van der Waals surface area (Å²) in [5, 5.41) is 16.5. The Labute approximate surface area is 157 Å². The summed E-state index contributed by atoms with van der Waals surface area (Å²) in [6.07, 6.45) is 3.18. The first-order valence-corrected chi connectivity index (χ1v) is 8.96. The third-order valence-corrected chi connectivity index (χ3v) is 4.89. The Morgan fingerprint density at radius 1 is 1.33 bits per heavy atom. The van der Waals surface area contributed by atoms with Crippen LogP contribution in [0.2, 0.25) is 0 Å². The standard InChI is InChI=1S/C19H24N4O4/c1-3-23(11-17(24)25)15-9-14(10-15)22-19(26)21-13-4-5-16-12(8-13)6-7-20-18(16)27-2/h4-8,14-15H,3,9-11H2,1-2H3,(H,24,25)(H2,21,22,26). The first kappa shape index (κ1) is 18.9. The third-order valence-electron chi connectivity index (χ3n) is 4.89. The quantitative estimate of drug-likeness (QED) is 0.689. The Morgan fingerprint density at radius 2 is 2.11 bits per heavy atom. The molecule has 2 aromatic rings. The van der Waals surface area contributed by atoms with Gasteiger partial charge in [0.1, 0.15) is 0 Å². The van der Waals surface area contributed by atoms with Crippen LogP contribution in [0.1, 0.15) is 19.8 Å². The Bertz CT molecular complexity index is 836. The number of fused-ring (bicyclic) bond motifs is 1. The lowest BCUT2D eigenvalue weighted by Crippen LogP contribution is -2.55. The predicted octanol–water partition coefficient (Wildman–Crippen LogP) is 2.30. The van der Waals surface area contributed by atoms with Crippen molar-refractivity contribution in [1.29, 1.82) is 0 Å². The van der Waals surface area contributed by atoms with Crippen LogP contribution < -0.4 is 15.4 Å². The number of methoxy groups -OCH3 is 1. The second-order valence-electron chi connectivity index (χ2n) is 6.63. The summed E-state index contributed by atoms with van der Waals surface area (Å²) < 4.78 is 5.23. The Morgan fingerprint density at radius 3 is 2.78 bits per heavy atom. The molecule has 1 aliphatic carbocycles. The number of likely N-dealkylation sites (N-methyl/N-ethyl adjacent to an activating group) is 1.